The van der Waals surface area contributed by atoms with E-state index >= 15 is 0 Å². The number of nitro groups is 4. The highest BCUT2D eigenvalue weighted by Crippen LogP contribution is 2.48. The van der Waals surface area contributed by atoms with Gasteiger partial charge in [-0.1, -0.05) is 80.5 Å². The summed E-state index contributed by atoms with van der Waals surface area (Å²) in [6, 6.07) is 5.34. The van der Waals surface area contributed by atoms with Crippen LogP contribution in [0.3, 0.4) is 0 Å². The zero-order chi connectivity index (χ0) is 65.3. The third-order valence-corrected chi connectivity index (χ3v) is 20.9. The molecule has 0 fully saturated rings. The lowest BCUT2D eigenvalue weighted by Crippen LogP contribution is -2.27. The highest BCUT2D eigenvalue weighted by atomic mass is 79.9. The van der Waals surface area contributed by atoms with Crippen molar-refractivity contribution in [3.8, 4) is 0 Å². The Morgan fingerprint density at radius 3 is 1.22 bits per heavy atom. The maximum atomic E-state index is 12.8. The van der Waals surface area contributed by atoms with E-state index in [2.05, 4.69) is 93.5 Å². The summed E-state index contributed by atoms with van der Waals surface area (Å²) in [7, 11) is -11.5. The summed E-state index contributed by atoms with van der Waals surface area (Å²) in [4.78, 5) is 45.1. The van der Waals surface area contributed by atoms with Crippen molar-refractivity contribution in [2.75, 3.05) is 74.2 Å². The zero-order valence-electron chi connectivity index (χ0n) is 49.3. The summed E-state index contributed by atoms with van der Waals surface area (Å²) in [6.45, 7) is 19.8. The van der Waals surface area contributed by atoms with Crippen molar-refractivity contribution in [1.82, 2.24) is 50.2 Å². The lowest BCUT2D eigenvalue weighted by Gasteiger charge is -2.23. The third kappa shape index (κ3) is 29.5. The van der Waals surface area contributed by atoms with Crippen molar-refractivity contribution >= 4 is 125 Å². The fraction of sp³-hybridized carbons (Fsp3) is 0.667. The van der Waals surface area contributed by atoms with Gasteiger partial charge in [-0.25, -0.2) is 45.3 Å². The Hall–Kier alpha value is -2.76. The van der Waals surface area contributed by atoms with Gasteiger partial charge in [-0.15, -0.1) is 22.9 Å². The average Bonchev–Trinajstić information content (AvgIpc) is 4.52. The Bertz CT molecular complexity index is 2740. The smallest absolute Gasteiger partial charge is 0.403 e. The van der Waals surface area contributed by atoms with Crippen molar-refractivity contribution in [3.63, 3.8) is 0 Å². The Morgan fingerprint density at radius 2 is 0.919 bits per heavy atom. The van der Waals surface area contributed by atoms with Gasteiger partial charge in [0, 0.05) is 85.2 Å². The third-order valence-electron chi connectivity index (χ3n) is 10.7. The second-order valence-electron chi connectivity index (χ2n) is 17.8. The van der Waals surface area contributed by atoms with Gasteiger partial charge in [0.2, 0.25) is 0 Å². The molecule has 0 radical (unpaired) electrons. The standard InChI is InChI=1S/C12H21BrN3O4PS.C11H21BrN5O4P.C11H19BrN3O5P.C11H19ClN3O5P/c1-4-6-14-21(19,15-7-5-13)20-10(3)12-11(16(17)18)9(2)8-22-12;1-4-6-14-22(20,15-7-5-12)21-9(2)10-8-13-11(16(10)3)17(18)19;2*1-3-7-13-21(18,14-8-6-12)20-9(2)10-4-5-11(19-10)15(16)17/h8,10H,4-7H2,1-3H3,(H2,14,15,19);8-9H,4-7H2,1-3H3,(H2,14,15,20);2*4-5,9H,3,6-8H2,1-2H3,(H2,13,14,18). The van der Waals surface area contributed by atoms with Crippen LogP contribution in [0.1, 0.15) is 133 Å². The molecule has 0 aromatic carbocycles. The molecule has 86 heavy (non-hydrogen) atoms. The number of furan rings is 2. The molecule has 0 saturated heterocycles. The minimum Gasteiger partial charge on any atom is -0.403 e. The van der Waals surface area contributed by atoms with E-state index in [0.29, 0.717) is 84.5 Å². The Kier molecular flexibility index (Phi) is 40.0. The number of nitrogens with one attached hydrogen (secondary N) is 8. The molecule has 4 rings (SSSR count). The van der Waals surface area contributed by atoms with Crippen molar-refractivity contribution in [2.45, 2.75) is 112 Å². The normalized spacial score (nSPS) is 15.5. The highest BCUT2D eigenvalue weighted by molar-refractivity contribution is 9.09. The summed E-state index contributed by atoms with van der Waals surface area (Å²) in [5.74, 6) is -0.276. The fourth-order valence-corrected chi connectivity index (χ4v) is 16.4. The predicted octanol–water partition coefficient (Wildman–Crippen LogP) is 13.2. The van der Waals surface area contributed by atoms with Crippen LogP contribution in [0.4, 0.5) is 23.4 Å². The Morgan fingerprint density at radius 1 is 0.570 bits per heavy atom. The lowest BCUT2D eigenvalue weighted by atomic mass is 10.2. The van der Waals surface area contributed by atoms with Crippen molar-refractivity contribution < 1.29 is 64.9 Å². The van der Waals surface area contributed by atoms with Gasteiger partial charge in [0.1, 0.15) is 62.6 Å². The molecular weight excluding hydrogens is 1460 g/mol. The molecule has 492 valence electrons. The van der Waals surface area contributed by atoms with Crippen LogP contribution in [0, 0.1) is 47.4 Å². The number of hydrogen-bond donors (Lipinski definition) is 8. The van der Waals surface area contributed by atoms with Crippen LogP contribution in [0.2, 0.25) is 0 Å². The molecule has 0 bridgehead atoms. The number of hydrogen-bond acceptors (Lipinski definition) is 20. The molecule has 0 aliphatic rings. The number of aromatic nitrogens is 2. The number of aryl methyl sites for hydroxylation is 1. The van der Waals surface area contributed by atoms with E-state index < -0.39 is 74.8 Å². The summed E-state index contributed by atoms with van der Waals surface area (Å²) < 4.78 is 84.4. The van der Waals surface area contributed by atoms with E-state index in [1.54, 1.807) is 40.0 Å². The molecule has 4 heterocycles. The first-order valence-corrected chi connectivity index (χ1v) is 38.0. The molecule has 4 aromatic heterocycles. The first-order chi connectivity index (χ1) is 40.5. The van der Waals surface area contributed by atoms with E-state index in [-0.39, 0.29) is 40.8 Å². The molecule has 0 aliphatic heterocycles. The van der Waals surface area contributed by atoms with Crippen molar-refractivity contribution in [3.05, 3.63) is 104 Å². The molecule has 0 saturated carbocycles. The topological polar surface area (TPSA) is 418 Å². The van der Waals surface area contributed by atoms with Crippen LogP contribution >= 0.6 is 101 Å². The molecule has 0 aliphatic carbocycles. The number of imidazole rings is 1. The average molecular weight is 1540 g/mol. The minimum absolute atomic E-state index is 0.0417. The first-order valence-electron chi connectivity index (χ1n) is 26.8. The van der Waals surface area contributed by atoms with E-state index in [9.17, 15) is 58.7 Å². The van der Waals surface area contributed by atoms with Crippen LogP contribution in [0.15, 0.2) is 44.7 Å². The van der Waals surface area contributed by atoms with Crippen molar-refractivity contribution in [2.24, 2.45) is 7.05 Å². The summed E-state index contributed by atoms with van der Waals surface area (Å²) in [5.41, 5.74) is 1.11. The van der Waals surface area contributed by atoms with Gasteiger partial charge in [-0.3, -0.25) is 66.7 Å². The monoisotopic (exact) mass is 1530 g/mol. The molecule has 0 spiro atoms. The van der Waals surface area contributed by atoms with E-state index in [1.165, 1.54) is 53.4 Å². The van der Waals surface area contributed by atoms with E-state index in [1.807, 2.05) is 27.7 Å². The molecule has 8 N–H and O–H groups in total. The van der Waals surface area contributed by atoms with Crippen LogP contribution in [0.25, 0.3) is 0 Å². The van der Waals surface area contributed by atoms with Crippen LogP contribution in [-0.2, 0) is 43.4 Å². The van der Waals surface area contributed by atoms with Gasteiger partial charge in [-0.2, -0.15) is 0 Å². The van der Waals surface area contributed by atoms with Crippen molar-refractivity contribution in [1.29, 1.82) is 0 Å². The van der Waals surface area contributed by atoms with Gasteiger partial charge in [-0.05, 0) is 77.4 Å². The maximum Gasteiger partial charge on any atom is 0.434 e. The quantitative estimate of drug-likeness (QED) is 0.00887. The molecule has 32 nitrogen and oxygen atoms in total. The second kappa shape index (κ2) is 42.3. The second-order valence-corrected chi connectivity index (χ2v) is 29.2. The summed E-state index contributed by atoms with van der Waals surface area (Å²) >= 11 is 16.6. The highest BCUT2D eigenvalue weighted by Gasteiger charge is 2.34. The maximum absolute atomic E-state index is 12.8. The summed E-state index contributed by atoms with van der Waals surface area (Å²) in [6.07, 6.45) is 1.87. The molecule has 8 unspecified atom stereocenters. The molecular formula is C45H80Br3ClN14O18P4S. The van der Waals surface area contributed by atoms with E-state index in [4.69, 9.17) is 38.5 Å². The summed E-state index contributed by atoms with van der Waals surface area (Å²) in [5, 5.41) is 69.3. The van der Waals surface area contributed by atoms with Gasteiger partial charge in [0.25, 0.3) is 5.69 Å². The van der Waals surface area contributed by atoms with E-state index in [0.717, 1.165) is 25.7 Å². The Balaban J connectivity index is 0.000000573. The number of rotatable bonds is 40. The van der Waals surface area contributed by atoms with Crippen LogP contribution < -0.4 is 40.7 Å². The predicted molar refractivity (Wildman–Crippen MR) is 342 cm³/mol. The van der Waals surface area contributed by atoms with Gasteiger partial charge >= 0.3 is 48.4 Å². The van der Waals surface area contributed by atoms with Gasteiger partial charge in [0.15, 0.2) is 0 Å². The number of halogens is 4. The number of nitrogens with zero attached hydrogens (tertiary/aromatic N) is 6. The molecule has 4 aromatic rings. The largest absolute Gasteiger partial charge is 0.434 e. The molecule has 8 atom stereocenters. The lowest BCUT2D eigenvalue weighted by molar-refractivity contribution is -0.402. The van der Waals surface area contributed by atoms with Gasteiger partial charge < -0.3 is 18.9 Å². The molecule has 41 heteroatoms. The van der Waals surface area contributed by atoms with Crippen LogP contribution in [0.5, 0.6) is 0 Å². The minimum atomic E-state index is -3.30. The Labute approximate surface area is 534 Å². The zero-order valence-corrected chi connectivity index (χ0v) is 59.2. The first kappa shape index (κ1) is 81.3. The SMILES string of the molecule is CCCNP(=O)(NCCBr)OC(C)c1ccc([N+](=O)[O-])o1.CCCNP(=O)(NCCBr)OC(C)c1cnc([N+](=O)[O-])n1C.CCCNP(=O)(NCCBr)OC(C)c1scc(C)c1[N+](=O)[O-].CCCNP(=O)(NCCCl)OC(C)c1ccc([N+](=O)[O-])o1. The molecule has 0 amide bonds. The number of thiophene rings is 1. The van der Waals surface area contributed by atoms with Gasteiger partial charge in [0.05, 0.1) is 24.1 Å². The fourth-order valence-electron chi connectivity index (χ4n) is 6.67. The number of alkyl halides is 4. The van der Waals surface area contributed by atoms with Crippen LogP contribution in [-0.4, -0.2) is 103 Å².